The molecule has 0 atom stereocenters. The van der Waals surface area contributed by atoms with E-state index >= 15 is 0 Å². The van der Waals surface area contributed by atoms with E-state index in [2.05, 4.69) is 34.7 Å². The van der Waals surface area contributed by atoms with Crippen LogP contribution in [0.25, 0.3) is 0 Å². The number of benzene rings is 1. The lowest BCUT2D eigenvalue weighted by molar-refractivity contribution is -0.119. The van der Waals surface area contributed by atoms with Crippen LogP contribution in [0.15, 0.2) is 29.3 Å². The SMILES string of the molecule is CCc1ccc(CCC(=O)NC2=NCC(=O)N2)cc1. The molecule has 0 saturated heterocycles. The van der Waals surface area contributed by atoms with Crippen LogP contribution in [-0.2, 0) is 22.4 Å². The van der Waals surface area contributed by atoms with E-state index in [4.69, 9.17) is 0 Å². The maximum atomic E-state index is 11.7. The number of aliphatic imine (C=N–C) groups is 1. The standard InChI is InChI=1S/C14H17N3O2/c1-2-10-3-5-11(6-4-10)7-8-12(18)16-14-15-9-13(19)17-14/h3-6H,2,7-9H2,1H3,(H2,15,16,17,18,19). The Labute approximate surface area is 112 Å². The van der Waals surface area contributed by atoms with E-state index in [1.165, 1.54) is 5.56 Å². The maximum absolute atomic E-state index is 11.7. The molecule has 0 aliphatic carbocycles. The van der Waals surface area contributed by atoms with Crippen LogP contribution in [0, 0.1) is 0 Å². The van der Waals surface area contributed by atoms with Crippen molar-refractivity contribution in [1.29, 1.82) is 0 Å². The Bertz CT molecular complexity index is 506. The molecule has 1 heterocycles. The summed E-state index contributed by atoms with van der Waals surface area (Å²) in [6.45, 7) is 2.20. The Morgan fingerprint density at radius 1 is 1.32 bits per heavy atom. The highest BCUT2D eigenvalue weighted by Gasteiger charge is 2.15. The molecule has 1 aromatic carbocycles. The second-order valence-electron chi connectivity index (χ2n) is 4.43. The predicted molar refractivity (Wildman–Crippen MR) is 72.7 cm³/mol. The molecule has 1 aliphatic rings. The Morgan fingerprint density at radius 2 is 2.00 bits per heavy atom. The Kier molecular flexibility index (Phi) is 4.28. The first-order valence-electron chi connectivity index (χ1n) is 6.39. The molecule has 0 bridgehead atoms. The molecule has 100 valence electrons. The minimum absolute atomic E-state index is 0.0914. The van der Waals surface area contributed by atoms with Crippen molar-refractivity contribution in [1.82, 2.24) is 10.6 Å². The third-order valence-electron chi connectivity index (χ3n) is 2.97. The third kappa shape index (κ3) is 3.91. The molecule has 0 aromatic heterocycles. The van der Waals surface area contributed by atoms with E-state index in [9.17, 15) is 9.59 Å². The van der Waals surface area contributed by atoms with E-state index in [1.807, 2.05) is 12.1 Å². The van der Waals surface area contributed by atoms with Gasteiger partial charge in [0.25, 0.3) is 0 Å². The van der Waals surface area contributed by atoms with Gasteiger partial charge in [-0.2, -0.15) is 0 Å². The van der Waals surface area contributed by atoms with E-state index < -0.39 is 0 Å². The molecule has 2 rings (SSSR count). The number of carbonyl (C=O) groups excluding carboxylic acids is 2. The summed E-state index contributed by atoms with van der Waals surface area (Å²) in [6.07, 6.45) is 2.07. The van der Waals surface area contributed by atoms with Crippen molar-refractivity contribution in [3.8, 4) is 0 Å². The van der Waals surface area contributed by atoms with Crippen LogP contribution in [0.3, 0.4) is 0 Å². The van der Waals surface area contributed by atoms with Crippen LogP contribution >= 0.6 is 0 Å². The van der Waals surface area contributed by atoms with Gasteiger partial charge in [0.15, 0.2) is 0 Å². The largest absolute Gasteiger partial charge is 0.296 e. The Morgan fingerprint density at radius 3 is 2.58 bits per heavy atom. The topological polar surface area (TPSA) is 70.6 Å². The van der Waals surface area contributed by atoms with Gasteiger partial charge in [-0.15, -0.1) is 0 Å². The predicted octanol–water partition coefficient (Wildman–Crippen LogP) is 0.784. The summed E-state index contributed by atoms with van der Waals surface area (Å²) < 4.78 is 0. The van der Waals surface area contributed by atoms with Gasteiger partial charge >= 0.3 is 0 Å². The number of carbonyl (C=O) groups is 2. The van der Waals surface area contributed by atoms with Gasteiger partial charge in [-0.05, 0) is 24.0 Å². The summed E-state index contributed by atoms with van der Waals surface area (Å²) in [5.74, 6) is -0.0673. The average Bonchev–Trinajstić information content (AvgIpc) is 2.82. The van der Waals surface area contributed by atoms with Crippen LogP contribution < -0.4 is 10.6 Å². The second-order valence-corrected chi connectivity index (χ2v) is 4.43. The molecule has 0 spiro atoms. The monoisotopic (exact) mass is 259 g/mol. The quantitative estimate of drug-likeness (QED) is 0.839. The molecule has 2 amide bonds. The molecule has 0 radical (unpaired) electrons. The zero-order valence-corrected chi connectivity index (χ0v) is 10.9. The van der Waals surface area contributed by atoms with Gasteiger partial charge in [-0.1, -0.05) is 31.2 Å². The lowest BCUT2D eigenvalue weighted by Gasteiger charge is -2.05. The van der Waals surface area contributed by atoms with Gasteiger partial charge in [0, 0.05) is 6.42 Å². The van der Waals surface area contributed by atoms with E-state index in [-0.39, 0.29) is 24.3 Å². The second kappa shape index (κ2) is 6.13. The van der Waals surface area contributed by atoms with Crippen molar-refractivity contribution < 1.29 is 9.59 Å². The molecule has 0 fully saturated rings. The Balaban J connectivity index is 1.78. The van der Waals surface area contributed by atoms with Gasteiger partial charge in [0.2, 0.25) is 17.8 Å². The minimum Gasteiger partial charge on any atom is -0.296 e. The molecular weight excluding hydrogens is 242 g/mol. The van der Waals surface area contributed by atoms with Crippen molar-refractivity contribution in [2.45, 2.75) is 26.2 Å². The number of hydrogen-bond donors (Lipinski definition) is 2. The first-order chi connectivity index (χ1) is 9.17. The number of guanidine groups is 1. The summed E-state index contributed by atoms with van der Waals surface area (Å²) in [4.78, 5) is 26.4. The number of amides is 2. The fraction of sp³-hybridized carbons (Fsp3) is 0.357. The lowest BCUT2D eigenvalue weighted by Crippen LogP contribution is -2.40. The molecule has 19 heavy (non-hydrogen) atoms. The zero-order valence-electron chi connectivity index (χ0n) is 10.9. The zero-order chi connectivity index (χ0) is 13.7. The molecular formula is C14H17N3O2. The third-order valence-corrected chi connectivity index (χ3v) is 2.97. The van der Waals surface area contributed by atoms with Crippen molar-refractivity contribution in [3.05, 3.63) is 35.4 Å². The highest BCUT2D eigenvalue weighted by atomic mass is 16.2. The molecule has 5 heteroatoms. The van der Waals surface area contributed by atoms with Gasteiger partial charge in [0.05, 0.1) is 0 Å². The Hall–Kier alpha value is -2.17. The van der Waals surface area contributed by atoms with Crippen molar-refractivity contribution in [3.63, 3.8) is 0 Å². The summed E-state index contributed by atoms with van der Waals surface area (Å²) in [6, 6.07) is 8.24. The summed E-state index contributed by atoms with van der Waals surface area (Å²) in [7, 11) is 0. The molecule has 5 nitrogen and oxygen atoms in total. The number of nitrogens with one attached hydrogen (secondary N) is 2. The van der Waals surface area contributed by atoms with Crippen LogP contribution in [-0.4, -0.2) is 24.3 Å². The average molecular weight is 259 g/mol. The summed E-state index contributed by atoms with van der Waals surface area (Å²) in [5.41, 5.74) is 2.42. The number of rotatable bonds is 4. The first-order valence-corrected chi connectivity index (χ1v) is 6.39. The van der Waals surface area contributed by atoms with E-state index in [0.29, 0.717) is 12.8 Å². The van der Waals surface area contributed by atoms with E-state index in [1.54, 1.807) is 0 Å². The van der Waals surface area contributed by atoms with Crippen LogP contribution in [0.5, 0.6) is 0 Å². The molecule has 0 unspecified atom stereocenters. The smallest absolute Gasteiger partial charge is 0.248 e. The number of hydrogen-bond acceptors (Lipinski definition) is 3. The van der Waals surface area contributed by atoms with Crippen LogP contribution in [0.4, 0.5) is 0 Å². The van der Waals surface area contributed by atoms with Gasteiger partial charge in [-0.25, -0.2) is 4.99 Å². The highest BCUT2D eigenvalue weighted by molar-refractivity contribution is 6.08. The number of aryl methyl sites for hydroxylation is 2. The fourth-order valence-electron chi connectivity index (χ4n) is 1.83. The molecule has 2 N–H and O–H groups in total. The van der Waals surface area contributed by atoms with Crippen molar-refractivity contribution in [2.24, 2.45) is 4.99 Å². The normalized spacial score (nSPS) is 13.9. The lowest BCUT2D eigenvalue weighted by atomic mass is 10.1. The van der Waals surface area contributed by atoms with Crippen molar-refractivity contribution >= 4 is 17.8 Å². The first kappa shape index (κ1) is 13.3. The van der Waals surface area contributed by atoms with E-state index in [0.717, 1.165) is 12.0 Å². The summed E-state index contributed by atoms with van der Waals surface area (Å²) >= 11 is 0. The molecule has 1 aliphatic heterocycles. The molecule has 1 aromatic rings. The van der Waals surface area contributed by atoms with Gasteiger partial charge < -0.3 is 0 Å². The summed E-state index contributed by atoms with van der Waals surface area (Å²) in [5, 5.41) is 5.06. The van der Waals surface area contributed by atoms with Crippen LogP contribution in [0.1, 0.15) is 24.5 Å². The fourth-order valence-corrected chi connectivity index (χ4v) is 1.83. The van der Waals surface area contributed by atoms with Gasteiger partial charge in [-0.3, -0.25) is 20.2 Å². The minimum atomic E-state index is -0.189. The highest BCUT2D eigenvalue weighted by Crippen LogP contribution is 2.07. The number of nitrogens with zero attached hydrogens (tertiary/aromatic N) is 1. The van der Waals surface area contributed by atoms with Crippen molar-refractivity contribution in [2.75, 3.05) is 6.54 Å². The van der Waals surface area contributed by atoms with Gasteiger partial charge in [0.1, 0.15) is 6.54 Å². The van der Waals surface area contributed by atoms with Crippen LogP contribution in [0.2, 0.25) is 0 Å². The molecule has 0 saturated carbocycles. The maximum Gasteiger partial charge on any atom is 0.248 e.